The second kappa shape index (κ2) is 8.20. The highest BCUT2D eigenvalue weighted by molar-refractivity contribution is 6.02. The quantitative estimate of drug-likeness (QED) is 0.285. The summed E-state index contributed by atoms with van der Waals surface area (Å²) >= 11 is 0. The fourth-order valence-electron chi connectivity index (χ4n) is 5.29. The van der Waals surface area contributed by atoms with Gasteiger partial charge in [0.2, 0.25) is 0 Å². The minimum Gasteiger partial charge on any atom is -0.343 e. The Balaban J connectivity index is 1.61. The number of halogens is 2. The van der Waals surface area contributed by atoms with Crippen LogP contribution in [0.25, 0.3) is 22.2 Å². The van der Waals surface area contributed by atoms with Crippen LogP contribution in [0.15, 0.2) is 97.1 Å². The number of hydrogen-bond donors (Lipinski definition) is 0. The zero-order valence-electron chi connectivity index (χ0n) is 19.1. The molecule has 3 nitrogen and oxygen atoms in total. The van der Waals surface area contributed by atoms with Crippen LogP contribution < -0.4 is 0 Å². The van der Waals surface area contributed by atoms with Crippen molar-refractivity contribution in [2.24, 2.45) is 7.05 Å². The molecule has 0 radical (unpaired) electrons. The van der Waals surface area contributed by atoms with E-state index >= 15 is 0 Å². The summed E-state index contributed by atoms with van der Waals surface area (Å²) in [6.07, 6.45) is 0. The van der Waals surface area contributed by atoms with Crippen LogP contribution in [-0.2, 0) is 13.6 Å². The van der Waals surface area contributed by atoms with E-state index in [1.807, 2.05) is 48.3 Å². The third-order valence-corrected chi connectivity index (χ3v) is 6.86. The summed E-state index contributed by atoms with van der Waals surface area (Å²) in [7, 11) is 2.00. The fraction of sp³-hybridized carbons (Fsp3) is 0.100. The summed E-state index contributed by atoms with van der Waals surface area (Å²) in [5.74, 6) is -0.671. The van der Waals surface area contributed by atoms with Crippen LogP contribution in [0.4, 0.5) is 8.78 Å². The number of amides is 1. The van der Waals surface area contributed by atoms with Gasteiger partial charge in [0.25, 0.3) is 5.91 Å². The van der Waals surface area contributed by atoms with Crippen molar-refractivity contribution in [3.05, 3.63) is 131 Å². The summed E-state index contributed by atoms with van der Waals surface area (Å²) < 4.78 is 29.5. The number of fused-ring (bicyclic) bond motifs is 2. The van der Waals surface area contributed by atoms with E-state index in [9.17, 15) is 13.6 Å². The second-order valence-corrected chi connectivity index (χ2v) is 8.89. The lowest BCUT2D eigenvalue weighted by Gasteiger charge is -2.27. The lowest BCUT2D eigenvalue weighted by Crippen LogP contribution is -2.28. The summed E-state index contributed by atoms with van der Waals surface area (Å²) in [6.45, 7) is 0.338. The lowest BCUT2D eigenvalue weighted by molar-refractivity contribution is 0.0737. The van der Waals surface area contributed by atoms with Gasteiger partial charge >= 0.3 is 0 Å². The third kappa shape index (κ3) is 3.43. The Morgan fingerprint density at radius 1 is 0.771 bits per heavy atom. The topological polar surface area (TPSA) is 25.2 Å². The molecule has 1 aromatic heterocycles. The monoisotopic (exact) mass is 464 g/mol. The average Bonchev–Trinajstić information content (AvgIpc) is 3.32. The summed E-state index contributed by atoms with van der Waals surface area (Å²) in [5, 5.41) is 1.04. The molecule has 5 heteroatoms. The van der Waals surface area contributed by atoms with Crippen LogP contribution in [0.2, 0.25) is 0 Å². The normalized spacial score (nSPS) is 15.1. The van der Waals surface area contributed by atoms with Gasteiger partial charge in [-0.1, -0.05) is 48.5 Å². The fourth-order valence-corrected chi connectivity index (χ4v) is 5.29. The number of nitrogens with zero attached hydrogens (tertiary/aromatic N) is 2. The van der Waals surface area contributed by atoms with E-state index in [1.165, 1.54) is 24.3 Å². The Hall–Kier alpha value is -4.25. The van der Waals surface area contributed by atoms with E-state index < -0.39 is 0 Å². The van der Waals surface area contributed by atoms with Crippen LogP contribution in [0, 0.1) is 11.6 Å². The van der Waals surface area contributed by atoms with E-state index in [0.29, 0.717) is 12.1 Å². The molecule has 0 bridgehead atoms. The number of aromatic nitrogens is 1. The van der Waals surface area contributed by atoms with Crippen molar-refractivity contribution >= 4 is 16.8 Å². The number of carbonyl (C=O) groups is 1. The molecule has 1 aliphatic rings. The average molecular weight is 465 g/mol. The van der Waals surface area contributed by atoms with Gasteiger partial charge in [-0.3, -0.25) is 4.79 Å². The Morgan fingerprint density at radius 2 is 1.40 bits per heavy atom. The first kappa shape index (κ1) is 21.3. The van der Waals surface area contributed by atoms with Crippen molar-refractivity contribution in [1.29, 1.82) is 0 Å². The van der Waals surface area contributed by atoms with Gasteiger partial charge in [-0.15, -0.1) is 0 Å². The largest absolute Gasteiger partial charge is 0.343 e. The van der Waals surface area contributed by atoms with E-state index in [0.717, 1.165) is 38.9 Å². The number of benzene rings is 4. The Morgan fingerprint density at radius 3 is 2.14 bits per heavy atom. The molecule has 1 amide bonds. The van der Waals surface area contributed by atoms with Gasteiger partial charge in [-0.2, -0.15) is 0 Å². The van der Waals surface area contributed by atoms with Crippen LogP contribution in [-0.4, -0.2) is 15.4 Å². The smallest absolute Gasteiger partial charge is 0.255 e. The maximum absolute atomic E-state index is 13.8. The Kier molecular flexibility index (Phi) is 4.99. The minimum absolute atomic E-state index is 0.0621. The molecule has 4 aromatic carbocycles. The molecule has 0 aliphatic carbocycles. The first-order valence-electron chi connectivity index (χ1n) is 11.5. The molecule has 0 fully saturated rings. The highest BCUT2D eigenvalue weighted by atomic mass is 19.1. The zero-order chi connectivity index (χ0) is 24.1. The molecular weight excluding hydrogens is 442 g/mol. The molecule has 0 N–H and O–H groups in total. The highest BCUT2D eigenvalue weighted by Gasteiger charge is 2.40. The van der Waals surface area contributed by atoms with Gasteiger partial charge in [0.1, 0.15) is 11.6 Å². The number of hydrogen-bond acceptors (Lipinski definition) is 1. The number of rotatable bonds is 4. The summed E-state index contributed by atoms with van der Waals surface area (Å²) in [6, 6.07) is 28.2. The summed E-state index contributed by atoms with van der Waals surface area (Å²) in [5.41, 5.74) is 6.28. The van der Waals surface area contributed by atoms with Gasteiger partial charge in [-0.05, 0) is 65.2 Å². The summed E-state index contributed by atoms with van der Waals surface area (Å²) in [4.78, 5) is 15.5. The van der Waals surface area contributed by atoms with Crippen molar-refractivity contribution in [3.63, 3.8) is 0 Å². The molecule has 0 spiro atoms. The van der Waals surface area contributed by atoms with Crippen LogP contribution in [0.3, 0.4) is 0 Å². The lowest BCUT2D eigenvalue weighted by atomic mass is 9.93. The maximum atomic E-state index is 13.8. The first-order valence-corrected chi connectivity index (χ1v) is 11.5. The Bertz CT molecular complexity index is 1570. The van der Waals surface area contributed by atoms with Gasteiger partial charge in [0.05, 0.1) is 11.7 Å². The van der Waals surface area contributed by atoms with Gasteiger partial charge in [0.15, 0.2) is 0 Å². The molecule has 2 heterocycles. The van der Waals surface area contributed by atoms with Gasteiger partial charge in [-0.25, -0.2) is 8.78 Å². The SMILES string of the molecule is Cn1c(-c2ccc(F)cc2)c([C@H]2c3ccccc3C(=O)N2Cc2ccc(F)cc2)c2ccccc21. The molecule has 0 saturated heterocycles. The van der Waals surface area contributed by atoms with E-state index in [-0.39, 0.29) is 23.6 Å². The minimum atomic E-state index is -0.352. The number of aryl methyl sites for hydroxylation is 1. The molecule has 5 aromatic rings. The molecule has 35 heavy (non-hydrogen) atoms. The van der Waals surface area contributed by atoms with E-state index in [4.69, 9.17) is 0 Å². The maximum Gasteiger partial charge on any atom is 0.255 e. The van der Waals surface area contributed by atoms with Crippen molar-refractivity contribution < 1.29 is 13.6 Å². The highest BCUT2D eigenvalue weighted by Crippen LogP contribution is 2.47. The number of carbonyl (C=O) groups excluding carboxylic acids is 1. The van der Waals surface area contributed by atoms with Gasteiger partial charge < -0.3 is 9.47 Å². The van der Waals surface area contributed by atoms with E-state index in [1.54, 1.807) is 24.3 Å². The molecule has 0 unspecified atom stereocenters. The predicted octanol–water partition coefficient (Wildman–Crippen LogP) is 6.87. The molecule has 1 atom stereocenters. The second-order valence-electron chi connectivity index (χ2n) is 8.89. The first-order chi connectivity index (χ1) is 17.0. The predicted molar refractivity (Wildman–Crippen MR) is 133 cm³/mol. The molecule has 1 aliphatic heterocycles. The molecule has 6 rings (SSSR count). The molecular formula is C30H22F2N2O. The Labute approximate surface area is 201 Å². The van der Waals surface area contributed by atoms with Crippen molar-refractivity contribution in [2.45, 2.75) is 12.6 Å². The van der Waals surface area contributed by atoms with Crippen LogP contribution >= 0.6 is 0 Å². The zero-order valence-corrected chi connectivity index (χ0v) is 19.1. The standard InChI is InChI=1S/C30H22F2N2O/c1-33-26-9-5-4-8-25(26)27(28(33)20-12-16-22(32)17-13-20)29-23-6-2-3-7-24(23)30(35)34(29)18-19-10-14-21(31)15-11-19/h2-17,29H,18H2,1H3/t29-/m1/s1. The molecule has 172 valence electrons. The molecule has 0 saturated carbocycles. The van der Waals surface area contributed by atoms with Crippen LogP contribution in [0.5, 0.6) is 0 Å². The van der Waals surface area contributed by atoms with Crippen molar-refractivity contribution in [3.8, 4) is 11.3 Å². The third-order valence-electron chi connectivity index (χ3n) is 6.86. The van der Waals surface area contributed by atoms with Crippen LogP contribution in [0.1, 0.15) is 33.1 Å². The number of para-hydroxylation sites is 1. The van der Waals surface area contributed by atoms with E-state index in [2.05, 4.69) is 16.7 Å². The van der Waals surface area contributed by atoms with Gasteiger partial charge in [0, 0.05) is 35.6 Å². The van der Waals surface area contributed by atoms with Crippen molar-refractivity contribution in [2.75, 3.05) is 0 Å². The van der Waals surface area contributed by atoms with Crippen molar-refractivity contribution in [1.82, 2.24) is 9.47 Å².